The third-order valence-electron chi connectivity index (χ3n) is 4.25. The molecule has 2 aromatic rings. The fraction of sp³-hybridized carbons (Fsp3) is 0.625. The second kappa shape index (κ2) is 6.79. The normalized spacial score (nSPS) is 26.3. The molecule has 21 heavy (non-hydrogen) atoms. The Hall–Kier alpha value is -1.07. The van der Waals surface area contributed by atoms with Gasteiger partial charge in [-0.1, -0.05) is 31.7 Å². The molecular formula is C16H24N4S. The summed E-state index contributed by atoms with van der Waals surface area (Å²) in [5, 5.41) is 14.0. The molecule has 0 bridgehead atoms. The van der Waals surface area contributed by atoms with E-state index in [-0.39, 0.29) is 0 Å². The predicted octanol–water partition coefficient (Wildman–Crippen LogP) is 3.38. The van der Waals surface area contributed by atoms with Gasteiger partial charge in [-0.15, -0.1) is 10.2 Å². The van der Waals surface area contributed by atoms with Crippen molar-refractivity contribution in [3.8, 4) is 0 Å². The Morgan fingerprint density at radius 2 is 2.24 bits per heavy atom. The number of nitrogens with one attached hydrogen (secondary N) is 1. The minimum Gasteiger partial charge on any atom is -0.313 e. The fourth-order valence-corrected chi connectivity index (χ4v) is 4.51. The molecule has 0 amide bonds. The molecule has 2 aromatic heterocycles. The molecule has 2 heterocycles. The van der Waals surface area contributed by atoms with Crippen molar-refractivity contribution in [3.05, 3.63) is 24.4 Å². The first kappa shape index (κ1) is 14.9. The molecule has 0 saturated heterocycles. The van der Waals surface area contributed by atoms with Crippen LogP contribution in [-0.2, 0) is 0 Å². The Bertz CT molecular complexity index is 580. The van der Waals surface area contributed by atoms with Crippen LogP contribution in [0, 0.1) is 5.92 Å². The van der Waals surface area contributed by atoms with Gasteiger partial charge in [0, 0.05) is 17.5 Å². The average Bonchev–Trinajstić information content (AvgIpc) is 2.90. The van der Waals surface area contributed by atoms with Gasteiger partial charge in [-0.05, 0) is 50.3 Å². The Morgan fingerprint density at radius 3 is 3.10 bits per heavy atom. The lowest BCUT2D eigenvalue weighted by Crippen LogP contribution is -2.42. The minimum absolute atomic E-state index is 0.591. The van der Waals surface area contributed by atoms with Crippen molar-refractivity contribution in [3.63, 3.8) is 0 Å². The van der Waals surface area contributed by atoms with Crippen molar-refractivity contribution in [2.75, 3.05) is 6.54 Å². The SMILES string of the molecule is CCCNC1CCC(C)CC1Sc1nnc2ccccn12. The standard InChI is InChI=1S/C16H24N4S/c1-3-9-17-13-8-7-12(2)11-14(13)21-16-19-18-15-6-4-5-10-20(15)16/h4-6,10,12-14,17H,3,7-9,11H2,1-2H3. The van der Waals surface area contributed by atoms with Crippen molar-refractivity contribution in [2.45, 2.75) is 56.0 Å². The molecule has 0 radical (unpaired) electrons. The van der Waals surface area contributed by atoms with Gasteiger partial charge in [0.25, 0.3) is 0 Å². The van der Waals surface area contributed by atoms with Crippen LogP contribution >= 0.6 is 11.8 Å². The topological polar surface area (TPSA) is 42.2 Å². The van der Waals surface area contributed by atoms with Crippen LogP contribution in [0.3, 0.4) is 0 Å². The first-order valence-electron chi connectivity index (χ1n) is 7.97. The summed E-state index contributed by atoms with van der Waals surface area (Å²) in [6.07, 6.45) is 7.11. The summed E-state index contributed by atoms with van der Waals surface area (Å²) in [6, 6.07) is 6.65. The van der Waals surface area contributed by atoms with Gasteiger partial charge >= 0.3 is 0 Å². The van der Waals surface area contributed by atoms with Crippen LogP contribution in [0.1, 0.15) is 39.5 Å². The molecule has 114 valence electrons. The molecule has 4 nitrogen and oxygen atoms in total. The molecule has 3 unspecified atom stereocenters. The number of nitrogens with zero attached hydrogens (tertiary/aromatic N) is 3. The smallest absolute Gasteiger partial charge is 0.195 e. The van der Waals surface area contributed by atoms with E-state index < -0.39 is 0 Å². The Morgan fingerprint density at radius 1 is 1.33 bits per heavy atom. The third-order valence-corrected chi connectivity index (χ3v) is 5.56. The zero-order valence-electron chi connectivity index (χ0n) is 12.8. The first-order valence-corrected chi connectivity index (χ1v) is 8.85. The van der Waals surface area contributed by atoms with Gasteiger partial charge in [0.15, 0.2) is 10.8 Å². The van der Waals surface area contributed by atoms with Gasteiger partial charge in [-0.3, -0.25) is 4.40 Å². The van der Waals surface area contributed by atoms with E-state index in [2.05, 4.69) is 40.0 Å². The summed E-state index contributed by atoms with van der Waals surface area (Å²) in [5.74, 6) is 0.807. The Kier molecular flexibility index (Phi) is 4.80. The van der Waals surface area contributed by atoms with Gasteiger partial charge in [-0.2, -0.15) is 0 Å². The highest BCUT2D eigenvalue weighted by Crippen LogP contribution is 2.35. The molecule has 0 spiro atoms. The van der Waals surface area contributed by atoms with Crippen LogP contribution in [0.15, 0.2) is 29.6 Å². The van der Waals surface area contributed by atoms with E-state index >= 15 is 0 Å². The van der Waals surface area contributed by atoms with Crippen molar-refractivity contribution in [1.29, 1.82) is 0 Å². The highest BCUT2D eigenvalue weighted by molar-refractivity contribution is 7.99. The minimum atomic E-state index is 0.591. The van der Waals surface area contributed by atoms with Gasteiger partial charge < -0.3 is 5.32 Å². The van der Waals surface area contributed by atoms with Crippen LogP contribution < -0.4 is 5.32 Å². The molecule has 1 aliphatic rings. The van der Waals surface area contributed by atoms with Crippen LogP contribution in [-0.4, -0.2) is 32.4 Å². The maximum absolute atomic E-state index is 4.38. The Labute approximate surface area is 130 Å². The summed E-state index contributed by atoms with van der Waals surface area (Å²) in [7, 11) is 0. The summed E-state index contributed by atoms with van der Waals surface area (Å²) in [6.45, 7) is 5.70. The number of pyridine rings is 1. The number of hydrogen-bond acceptors (Lipinski definition) is 4. The summed E-state index contributed by atoms with van der Waals surface area (Å²) in [4.78, 5) is 0. The molecule has 1 saturated carbocycles. The summed E-state index contributed by atoms with van der Waals surface area (Å²) < 4.78 is 2.10. The van der Waals surface area contributed by atoms with Crippen LogP contribution in [0.5, 0.6) is 0 Å². The van der Waals surface area contributed by atoms with E-state index in [1.54, 1.807) is 0 Å². The van der Waals surface area contributed by atoms with E-state index in [4.69, 9.17) is 0 Å². The van der Waals surface area contributed by atoms with E-state index in [9.17, 15) is 0 Å². The maximum atomic E-state index is 4.38. The van der Waals surface area contributed by atoms with Crippen LogP contribution in [0.25, 0.3) is 5.65 Å². The Balaban J connectivity index is 1.76. The van der Waals surface area contributed by atoms with E-state index in [0.29, 0.717) is 11.3 Å². The lowest BCUT2D eigenvalue weighted by atomic mass is 9.87. The van der Waals surface area contributed by atoms with Gasteiger partial charge in [0.1, 0.15) is 0 Å². The highest BCUT2D eigenvalue weighted by atomic mass is 32.2. The van der Waals surface area contributed by atoms with Crippen LogP contribution in [0.2, 0.25) is 0 Å². The molecule has 3 rings (SSSR count). The first-order chi connectivity index (χ1) is 10.3. The summed E-state index contributed by atoms with van der Waals surface area (Å²) in [5.41, 5.74) is 0.932. The number of rotatable bonds is 5. The average molecular weight is 304 g/mol. The monoisotopic (exact) mass is 304 g/mol. The van der Waals surface area contributed by atoms with Crippen molar-refractivity contribution in [1.82, 2.24) is 19.9 Å². The lowest BCUT2D eigenvalue weighted by Gasteiger charge is -2.34. The molecule has 0 aromatic carbocycles. The van der Waals surface area contributed by atoms with Crippen molar-refractivity contribution in [2.24, 2.45) is 5.92 Å². The molecule has 1 fully saturated rings. The second-order valence-corrected chi connectivity index (χ2v) is 7.25. The fourth-order valence-electron chi connectivity index (χ4n) is 3.06. The van der Waals surface area contributed by atoms with Gasteiger partial charge in [0.05, 0.1) is 0 Å². The molecular weight excluding hydrogens is 280 g/mol. The van der Waals surface area contributed by atoms with Gasteiger partial charge in [0.2, 0.25) is 0 Å². The maximum Gasteiger partial charge on any atom is 0.195 e. The van der Waals surface area contributed by atoms with Gasteiger partial charge in [-0.25, -0.2) is 0 Å². The highest BCUT2D eigenvalue weighted by Gasteiger charge is 2.30. The van der Waals surface area contributed by atoms with E-state index in [0.717, 1.165) is 23.3 Å². The zero-order valence-corrected chi connectivity index (χ0v) is 13.6. The molecule has 1 aliphatic carbocycles. The second-order valence-electron chi connectivity index (χ2n) is 6.05. The number of hydrogen-bond donors (Lipinski definition) is 1. The lowest BCUT2D eigenvalue weighted by molar-refractivity contribution is 0.317. The van der Waals surface area contributed by atoms with Crippen molar-refractivity contribution < 1.29 is 0 Å². The zero-order chi connectivity index (χ0) is 14.7. The number of fused-ring (bicyclic) bond motifs is 1. The predicted molar refractivity (Wildman–Crippen MR) is 87.7 cm³/mol. The third kappa shape index (κ3) is 3.40. The van der Waals surface area contributed by atoms with Crippen LogP contribution in [0.4, 0.5) is 0 Å². The largest absolute Gasteiger partial charge is 0.313 e. The number of thioether (sulfide) groups is 1. The molecule has 5 heteroatoms. The van der Waals surface area contributed by atoms with E-state index in [1.165, 1.54) is 25.7 Å². The van der Waals surface area contributed by atoms with Crippen molar-refractivity contribution >= 4 is 17.4 Å². The molecule has 0 aliphatic heterocycles. The number of aromatic nitrogens is 3. The summed E-state index contributed by atoms with van der Waals surface area (Å²) >= 11 is 1.89. The quantitative estimate of drug-likeness (QED) is 0.919. The molecule has 3 atom stereocenters. The molecule has 1 N–H and O–H groups in total. The van der Waals surface area contributed by atoms with E-state index in [1.807, 2.05) is 30.0 Å².